The van der Waals surface area contributed by atoms with Crippen molar-refractivity contribution in [3.8, 4) is 0 Å². The Hall–Kier alpha value is -2.21. The summed E-state index contributed by atoms with van der Waals surface area (Å²) in [5.74, 6) is 2.11. The molecule has 0 radical (unpaired) electrons. The molecule has 0 spiro atoms. The Morgan fingerprint density at radius 2 is 1.55 bits per heavy atom. The van der Waals surface area contributed by atoms with Gasteiger partial charge in [0.25, 0.3) is 0 Å². The maximum Gasteiger partial charge on any atom is 0.188 e. The Kier molecular flexibility index (Phi) is 3.73. The molecule has 0 amide bonds. The second kappa shape index (κ2) is 5.83. The monoisotopic (exact) mass is 283 g/mol. The van der Waals surface area contributed by atoms with E-state index in [1.807, 2.05) is 36.4 Å². The number of aliphatic imine (C=N–C) groups is 1. The molecule has 0 bridgehead atoms. The van der Waals surface area contributed by atoms with Crippen molar-refractivity contribution in [2.75, 3.05) is 5.75 Å². The predicted octanol–water partition coefficient (Wildman–Crippen LogP) is 2.42. The molecule has 3 heterocycles. The first kappa shape index (κ1) is 12.8. The van der Waals surface area contributed by atoms with Gasteiger partial charge in [-0.3, -0.25) is 9.97 Å². The van der Waals surface area contributed by atoms with Gasteiger partial charge in [0.15, 0.2) is 11.7 Å². The highest BCUT2D eigenvalue weighted by Crippen LogP contribution is 2.11. The van der Waals surface area contributed by atoms with Crippen LogP contribution in [-0.2, 0) is 10.9 Å². The Morgan fingerprint density at radius 3 is 2.10 bits per heavy atom. The van der Waals surface area contributed by atoms with E-state index < -0.39 is 10.9 Å². The first-order valence-electron chi connectivity index (χ1n) is 6.30. The van der Waals surface area contributed by atoms with Gasteiger partial charge in [0.05, 0.1) is 0 Å². The third-order valence-electron chi connectivity index (χ3n) is 2.64. The minimum Gasteiger partial charge on any atom is -0.253 e. The summed E-state index contributed by atoms with van der Waals surface area (Å²) < 4.78 is 9.09. The SMILES string of the molecule is CCS1=NC(c2ccccn2)=NC(c2ccccn2)=N1. The van der Waals surface area contributed by atoms with Crippen molar-refractivity contribution in [3.05, 3.63) is 60.2 Å². The molecule has 0 N–H and O–H groups in total. The van der Waals surface area contributed by atoms with Crippen LogP contribution in [0.3, 0.4) is 0 Å². The third-order valence-corrected chi connectivity index (χ3v) is 3.93. The van der Waals surface area contributed by atoms with E-state index in [-0.39, 0.29) is 0 Å². The third kappa shape index (κ3) is 2.70. The molecule has 6 heteroatoms. The molecule has 1 aliphatic rings. The lowest BCUT2D eigenvalue weighted by Gasteiger charge is -2.10. The van der Waals surface area contributed by atoms with Crippen LogP contribution in [0.25, 0.3) is 0 Å². The van der Waals surface area contributed by atoms with E-state index >= 15 is 0 Å². The molecule has 1 atom stereocenters. The average molecular weight is 283 g/mol. The van der Waals surface area contributed by atoms with E-state index in [2.05, 4.69) is 30.6 Å². The summed E-state index contributed by atoms with van der Waals surface area (Å²) in [5, 5.41) is 0. The molecule has 1 aliphatic heterocycles. The van der Waals surface area contributed by atoms with Crippen LogP contribution in [0.4, 0.5) is 0 Å². The van der Waals surface area contributed by atoms with Crippen LogP contribution in [0.15, 0.2) is 62.5 Å². The van der Waals surface area contributed by atoms with Gasteiger partial charge in [0.1, 0.15) is 11.4 Å². The molecule has 2 aromatic heterocycles. The van der Waals surface area contributed by atoms with Crippen molar-refractivity contribution >= 4 is 22.5 Å². The minimum atomic E-state index is -0.411. The number of hydrogen-bond donors (Lipinski definition) is 0. The van der Waals surface area contributed by atoms with Gasteiger partial charge in [-0.2, -0.15) is 8.76 Å². The average Bonchev–Trinajstić information content (AvgIpc) is 2.56. The number of pyridine rings is 2. The van der Waals surface area contributed by atoms with Crippen molar-refractivity contribution in [3.63, 3.8) is 0 Å². The Labute approximate surface area is 119 Å². The molecular formula is C14H13N5S. The maximum atomic E-state index is 4.55. The van der Waals surface area contributed by atoms with Crippen LogP contribution >= 0.6 is 0 Å². The Morgan fingerprint density at radius 1 is 0.900 bits per heavy atom. The molecule has 3 rings (SSSR count). The van der Waals surface area contributed by atoms with Crippen molar-refractivity contribution in [1.29, 1.82) is 0 Å². The molecule has 100 valence electrons. The van der Waals surface area contributed by atoms with E-state index in [1.54, 1.807) is 12.4 Å². The van der Waals surface area contributed by atoms with Gasteiger partial charge in [-0.15, -0.1) is 0 Å². The molecular weight excluding hydrogens is 270 g/mol. The largest absolute Gasteiger partial charge is 0.253 e. The second-order valence-electron chi connectivity index (χ2n) is 4.00. The highest BCUT2D eigenvalue weighted by Gasteiger charge is 2.14. The molecule has 0 fully saturated rings. The summed E-state index contributed by atoms with van der Waals surface area (Å²) >= 11 is 0. The fourth-order valence-corrected chi connectivity index (χ4v) is 2.66. The number of hydrogen-bond acceptors (Lipinski definition) is 5. The molecule has 0 saturated carbocycles. The molecule has 5 nitrogen and oxygen atoms in total. The minimum absolute atomic E-state index is 0.411. The summed E-state index contributed by atoms with van der Waals surface area (Å²) in [6.07, 6.45) is 3.48. The van der Waals surface area contributed by atoms with Crippen LogP contribution in [0, 0.1) is 0 Å². The second-order valence-corrected chi connectivity index (χ2v) is 5.62. The number of rotatable bonds is 3. The molecule has 0 aromatic carbocycles. The molecule has 0 saturated heterocycles. The van der Waals surface area contributed by atoms with Gasteiger partial charge in [0.2, 0.25) is 0 Å². The van der Waals surface area contributed by atoms with Crippen LogP contribution in [0.5, 0.6) is 0 Å². The topological polar surface area (TPSA) is 62.9 Å². The first-order chi connectivity index (χ1) is 9.86. The van der Waals surface area contributed by atoms with Gasteiger partial charge in [-0.1, -0.05) is 19.1 Å². The van der Waals surface area contributed by atoms with Crippen molar-refractivity contribution in [2.24, 2.45) is 13.8 Å². The van der Waals surface area contributed by atoms with Gasteiger partial charge in [-0.25, -0.2) is 4.99 Å². The molecule has 1 unspecified atom stereocenters. The first-order valence-corrected chi connectivity index (χ1v) is 7.60. The lowest BCUT2D eigenvalue weighted by Crippen LogP contribution is -2.14. The smallest absolute Gasteiger partial charge is 0.188 e. The summed E-state index contributed by atoms with van der Waals surface area (Å²) in [4.78, 5) is 13.1. The molecule has 2 aromatic rings. The quantitative estimate of drug-likeness (QED) is 0.868. The molecule has 20 heavy (non-hydrogen) atoms. The summed E-state index contributed by atoms with van der Waals surface area (Å²) in [7, 11) is -0.411. The van der Waals surface area contributed by atoms with Crippen LogP contribution in [0.2, 0.25) is 0 Å². The fourth-order valence-electron chi connectivity index (χ4n) is 1.69. The predicted molar refractivity (Wildman–Crippen MR) is 81.9 cm³/mol. The zero-order valence-corrected chi connectivity index (χ0v) is 11.8. The van der Waals surface area contributed by atoms with E-state index in [4.69, 9.17) is 0 Å². The Bertz CT molecular complexity index is 652. The summed E-state index contributed by atoms with van der Waals surface area (Å²) in [6, 6.07) is 11.4. The summed E-state index contributed by atoms with van der Waals surface area (Å²) in [5.41, 5.74) is 1.53. The van der Waals surface area contributed by atoms with Crippen LogP contribution < -0.4 is 0 Å². The lowest BCUT2D eigenvalue weighted by molar-refractivity contribution is 1.25. The van der Waals surface area contributed by atoms with Gasteiger partial charge < -0.3 is 0 Å². The number of nitrogens with zero attached hydrogens (tertiary/aromatic N) is 5. The van der Waals surface area contributed by atoms with Crippen molar-refractivity contribution < 1.29 is 0 Å². The van der Waals surface area contributed by atoms with Crippen molar-refractivity contribution in [1.82, 2.24) is 9.97 Å². The van der Waals surface area contributed by atoms with Crippen LogP contribution in [-0.4, -0.2) is 27.4 Å². The van der Waals surface area contributed by atoms with E-state index in [1.165, 1.54) is 0 Å². The zero-order chi connectivity index (χ0) is 13.8. The van der Waals surface area contributed by atoms with E-state index in [9.17, 15) is 0 Å². The van der Waals surface area contributed by atoms with E-state index in [0.717, 1.165) is 17.1 Å². The normalized spacial score (nSPS) is 17.9. The van der Waals surface area contributed by atoms with E-state index in [0.29, 0.717) is 11.7 Å². The number of aromatic nitrogens is 2. The highest BCUT2D eigenvalue weighted by molar-refractivity contribution is 7.86. The van der Waals surface area contributed by atoms with Gasteiger partial charge >= 0.3 is 0 Å². The fraction of sp³-hybridized carbons (Fsp3) is 0.143. The highest BCUT2D eigenvalue weighted by atomic mass is 32.2. The Balaban J connectivity index is 2.06. The zero-order valence-electron chi connectivity index (χ0n) is 11.0. The lowest BCUT2D eigenvalue weighted by atomic mass is 10.3. The molecule has 0 aliphatic carbocycles. The maximum absolute atomic E-state index is 4.55. The summed E-state index contributed by atoms with van der Waals surface area (Å²) in [6.45, 7) is 2.06. The standard InChI is InChI=1S/C14H13N5S/c1-2-20-18-13(11-7-3-5-9-15-11)17-14(19-20)12-8-4-6-10-16-12/h3-10H,2H2,1H3. The van der Waals surface area contributed by atoms with Gasteiger partial charge in [0, 0.05) is 29.0 Å². The van der Waals surface area contributed by atoms with Crippen molar-refractivity contribution in [2.45, 2.75) is 6.92 Å². The number of amidine groups is 2. The van der Waals surface area contributed by atoms with Crippen LogP contribution in [0.1, 0.15) is 18.3 Å². The van der Waals surface area contributed by atoms with Gasteiger partial charge in [-0.05, 0) is 24.3 Å².